The number of hydrogen-bond acceptors (Lipinski definition) is 5. The van der Waals surface area contributed by atoms with Crippen LogP contribution in [-0.4, -0.2) is 28.6 Å². The summed E-state index contributed by atoms with van der Waals surface area (Å²) in [5, 5.41) is 11.9. The van der Waals surface area contributed by atoms with Crippen LogP contribution in [0.4, 0.5) is 5.13 Å². The SMILES string of the molecule is Cc1ccc(OCC(=O)Nc2nnc(CCCCl)s2)cc1. The van der Waals surface area contributed by atoms with Gasteiger partial charge in [-0.3, -0.25) is 10.1 Å². The summed E-state index contributed by atoms with van der Waals surface area (Å²) >= 11 is 6.98. The summed E-state index contributed by atoms with van der Waals surface area (Å²) in [5.41, 5.74) is 1.14. The highest BCUT2D eigenvalue weighted by molar-refractivity contribution is 7.15. The van der Waals surface area contributed by atoms with Crippen LogP contribution in [0.3, 0.4) is 0 Å². The van der Waals surface area contributed by atoms with Crippen LogP contribution in [0.2, 0.25) is 0 Å². The first-order valence-corrected chi connectivity index (χ1v) is 7.90. The molecule has 0 atom stereocenters. The number of benzene rings is 1. The molecule has 0 radical (unpaired) electrons. The second kappa shape index (κ2) is 7.95. The van der Waals surface area contributed by atoms with Crippen molar-refractivity contribution in [1.29, 1.82) is 0 Å². The number of alkyl halides is 1. The molecule has 1 heterocycles. The second-order valence-corrected chi connectivity index (χ2v) is 5.88. The summed E-state index contributed by atoms with van der Waals surface area (Å²) in [6, 6.07) is 7.53. The van der Waals surface area contributed by atoms with Crippen LogP contribution in [0.1, 0.15) is 17.0 Å². The van der Waals surface area contributed by atoms with E-state index in [1.54, 1.807) is 0 Å². The van der Waals surface area contributed by atoms with Crippen molar-refractivity contribution in [3.63, 3.8) is 0 Å². The normalized spacial score (nSPS) is 10.4. The molecule has 0 unspecified atom stereocenters. The number of hydrogen-bond donors (Lipinski definition) is 1. The van der Waals surface area contributed by atoms with E-state index in [1.165, 1.54) is 11.3 Å². The van der Waals surface area contributed by atoms with Gasteiger partial charge in [-0.2, -0.15) is 0 Å². The topological polar surface area (TPSA) is 64.1 Å². The predicted molar refractivity (Wildman–Crippen MR) is 84.3 cm³/mol. The van der Waals surface area contributed by atoms with Crippen molar-refractivity contribution in [2.24, 2.45) is 0 Å². The van der Waals surface area contributed by atoms with E-state index in [2.05, 4.69) is 15.5 Å². The first-order chi connectivity index (χ1) is 10.2. The molecule has 0 spiro atoms. The van der Waals surface area contributed by atoms with Crippen LogP contribution >= 0.6 is 22.9 Å². The largest absolute Gasteiger partial charge is 0.484 e. The Labute approximate surface area is 132 Å². The zero-order chi connectivity index (χ0) is 15.1. The quantitative estimate of drug-likeness (QED) is 0.795. The maximum atomic E-state index is 11.8. The fraction of sp³-hybridized carbons (Fsp3) is 0.357. The van der Waals surface area contributed by atoms with Crippen LogP contribution in [-0.2, 0) is 11.2 Å². The number of ether oxygens (including phenoxy) is 1. The van der Waals surface area contributed by atoms with Gasteiger partial charge < -0.3 is 4.74 Å². The Morgan fingerprint density at radius 3 is 2.81 bits per heavy atom. The molecule has 1 aromatic carbocycles. The van der Waals surface area contributed by atoms with Gasteiger partial charge in [-0.15, -0.1) is 21.8 Å². The first kappa shape index (κ1) is 15.7. The molecule has 21 heavy (non-hydrogen) atoms. The van der Waals surface area contributed by atoms with Gasteiger partial charge >= 0.3 is 0 Å². The number of rotatable bonds is 7. The Hall–Kier alpha value is -1.66. The van der Waals surface area contributed by atoms with Gasteiger partial charge in [-0.25, -0.2) is 0 Å². The molecule has 1 aromatic heterocycles. The molecule has 7 heteroatoms. The van der Waals surface area contributed by atoms with Crippen LogP contribution in [0, 0.1) is 6.92 Å². The van der Waals surface area contributed by atoms with Gasteiger partial charge in [0.2, 0.25) is 5.13 Å². The fourth-order valence-corrected chi connectivity index (χ4v) is 2.49. The minimum atomic E-state index is -0.254. The minimum absolute atomic E-state index is 0.0559. The second-order valence-electron chi connectivity index (χ2n) is 4.44. The molecular formula is C14H16ClN3O2S. The van der Waals surface area contributed by atoms with Crippen LogP contribution in [0.25, 0.3) is 0 Å². The highest BCUT2D eigenvalue weighted by Crippen LogP contribution is 2.17. The van der Waals surface area contributed by atoms with Gasteiger partial charge in [0.25, 0.3) is 5.91 Å². The maximum Gasteiger partial charge on any atom is 0.264 e. The Balaban J connectivity index is 1.78. The highest BCUT2D eigenvalue weighted by Gasteiger charge is 2.08. The van der Waals surface area contributed by atoms with E-state index >= 15 is 0 Å². The third kappa shape index (κ3) is 5.32. The van der Waals surface area contributed by atoms with E-state index in [-0.39, 0.29) is 12.5 Å². The summed E-state index contributed by atoms with van der Waals surface area (Å²) in [6.45, 7) is 1.94. The van der Waals surface area contributed by atoms with E-state index in [0.29, 0.717) is 16.8 Å². The molecule has 1 amide bonds. The van der Waals surface area contributed by atoms with Gasteiger partial charge in [0.1, 0.15) is 10.8 Å². The smallest absolute Gasteiger partial charge is 0.264 e. The number of carbonyl (C=O) groups is 1. The number of aryl methyl sites for hydroxylation is 2. The zero-order valence-corrected chi connectivity index (χ0v) is 13.2. The molecular weight excluding hydrogens is 310 g/mol. The summed E-state index contributed by atoms with van der Waals surface area (Å²) in [7, 11) is 0. The lowest BCUT2D eigenvalue weighted by atomic mass is 10.2. The average Bonchev–Trinajstić information content (AvgIpc) is 2.92. The van der Waals surface area contributed by atoms with E-state index in [4.69, 9.17) is 16.3 Å². The fourth-order valence-electron chi connectivity index (χ4n) is 1.56. The lowest BCUT2D eigenvalue weighted by Crippen LogP contribution is -2.20. The lowest BCUT2D eigenvalue weighted by molar-refractivity contribution is -0.118. The van der Waals surface area contributed by atoms with E-state index in [0.717, 1.165) is 23.4 Å². The molecule has 0 aliphatic carbocycles. The predicted octanol–water partition coefficient (Wildman–Crippen LogP) is 3.04. The zero-order valence-electron chi connectivity index (χ0n) is 11.6. The van der Waals surface area contributed by atoms with Gasteiger partial charge in [0.05, 0.1) is 0 Å². The number of halogens is 1. The summed E-state index contributed by atoms with van der Waals surface area (Å²) in [4.78, 5) is 11.8. The molecule has 0 aliphatic heterocycles. The number of aromatic nitrogens is 2. The van der Waals surface area contributed by atoms with Gasteiger partial charge in [0, 0.05) is 12.3 Å². The molecule has 0 saturated heterocycles. The average molecular weight is 326 g/mol. The molecule has 1 N–H and O–H groups in total. The Bertz CT molecular complexity index is 586. The molecule has 0 aliphatic rings. The van der Waals surface area contributed by atoms with Crippen LogP contribution < -0.4 is 10.1 Å². The van der Waals surface area contributed by atoms with Gasteiger partial charge in [0.15, 0.2) is 6.61 Å². The summed E-state index contributed by atoms with van der Waals surface area (Å²) in [5.74, 6) is 0.998. The molecule has 5 nitrogen and oxygen atoms in total. The summed E-state index contributed by atoms with van der Waals surface area (Å²) < 4.78 is 5.39. The third-order valence-corrected chi connectivity index (χ3v) is 3.79. The monoisotopic (exact) mass is 325 g/mol. The number of amides is 1. The van der Waals surface area contributed by atoms with Gasteiger partial charge in [-0.1, -0.05) is 29.0 Å². The van der Waals surface area contributed by atoms with Crippen molar-refractivity contribution in [3.05, 3.63) is 34.8 Å². The van der Waals surface area contributed by atoms with Crippen molar-refractivity contribution >= 4 is 34.0 Å². The molecule has 2 rings (SSSR count). The van der Waals surface area contributed by atoms with Crippen molar-refractivity contribution in [2.75, 3.05) is 17.8 Å². The van der Waals surface area contributed by atoms with Crippen LogP contribution in [0.15, 0.2) is 24.3 Å². The third-order valence-electron chi connectivity index (χ3n) is 2.63. The van der Waals surface area contributed by atoms with Crippen molar-refractivity contribution < 1.29 is 9.53 Å². The number of anilines is 1. The van der Waals surface area contributed by atoms with Crippen molar-refractivity contribution in [3.8, 4) is 5.75 Å². The number of carbonyl (C=O) groups excluding carboxylic acids is 1. The first-order valence-electron chi connectivity index (χ1n) is 6.55. The molecule has 112 valence electrons. The molecule has 2 aromatic rings. The van der Waals surface area contributed by atoms with Gasteiger partial charge in [-0.05, 0) is 25.5 Å². The number of nitrogens with zero attached hydrogens (tertiary/aromatic N) is 2. The van der Waals surface area contributed by atoms with E-state index < -0.39 is 0 Å². The number of nitrogens with one attached hydrogen (secondary N) is 1. The van der Waals surface area contributed by atoms with E-state index in [9.17, 15) is 4.79 Å². The summed E-state index contributed by atoms with van der Waals surface area (Å²) in [6.07, 6.45) is 1.62. The molecule has 0 fully saturated rings. The Morgan fingerprint density at radius 1 is 1.33 bits per heavy atom. The Kier molecular flexibility index (Phi) is 5.95. The lowest BCUT2D eigenvalue weighted by Gasteiger charge is -2.05. The van der Waals surface area contributed by atoms with Crippen molar-refractivity contribution in [2.45, 2.75) is 19.8 Å². The van der Waals surface area contributed by atoms with Crippen molar-refractivity contribution in [1.82, 2.24) is 10.2 Å². The minimum Gasteiger partial charge on any atom is -0.484 e. The van der Waals surface area contributed by atoms with E-state index in [1.807, 2.05) is 31.2 Å². The molecule has 0 saturated carbocycles. The van der Waals surface area contributed by atoms with Crippen LogP contribution in [0.5, 0.6) is 5.75 Å². The Morgan fingerprint density at radius 2 is 2.10 bits per heavy atom. The standard InChI is InChI=1S/C14H16ClN3O2S/c1-10-4-6-11(7-5-10)20-9-12(19)16-14-18-17-13(21-14)3-2-8-15/h4-7H,2-3,8-9H2,1H3,(H,16,18,19). The highest BCUT2D eigenvalue weighted by atomic mass is 35.5. The molecule has 0 bridgehead atoms. The maximum absolute atomic E-state index is 11.8.